The number of hydrogen-bond acceptors (Lipinski definition) is 8. The molecule has 2 atom stereocenters. The lowest BCUT2D eigenvalue weighted by molar-refractivity contribution is -0.135. The van der Waals surface area contributed by atoms with Gasteiger partial charge in [0.2, 0.25) is 11.6 Å². The van der Waals surface area contributed by atoms with Gasteiger partial charge in [0.05, 0.1) is 22.9 Å². The number of anilines is 1. The lowest BCUT2D eigenvalue weighted by Gasteiger charge is -2.25. The molecule has 1 N–H and O–H groups in total. The molecule has 39 heavy (non-hydrogen) atoms. The molecule has 196 valence electrons. The fourth-order valence-corrected chi connectivity index (χ4v) is 6.36. The van der Waals surface area contributed by atoms with Crippen LogP contribution < -0.4 is 9.64 Å². The molecule has 1 amide bonds. The van der Waals surface area contributed by atoms with E-state index in [0.717, 1.165) is 21.3 Å². The summed E-state index contributed by atoms with van der Waals surface area (Å²) in [6, 6.07) is 16.3. The maximum absolute atomic E-state index is 13.9. The van der Waals surface area contributed by atoms with Gasteiger partial charge in [0.25, 0.3) is 5.91 Å². The van der Waals surface area contributed by atoms with Gasteiger partial charge in [-0.15, -0.1) is 0 Å². The predicted molar refractivity (Wildman–Crippen MR) is 148 cm³/mol. The number of para-hydroxylation sites is 1. The van der Waals surface area contributed by atoms with Crippen molar-refractivity contribution >= 4 is 55.1 Å². The molecule has 1 fully saturated rings. The third-order valence-corrected chi connectivity index (χ3v) is 7.91. The van der Waals surface area contributed by atoms with E-state index in [1.54, 1.807) is 43.3 Å². The molecule has 2 unspecified atom stereocenters. The van der Waals surface area contributed by atoms with Gasteiger partial charge in [-0.25, -0.2) is 4.98 Å². The maximum Gasteiger partial charge on any atom is 0.297 e. The van der Waals surface area contributed by atoms with Crippen LogP contribution in [-0.2, 0) is 9.59 Å². The third-order valence-electron chi connectivity index (χ3n) is 6.91. The molecule has 3 aromatic carbocycles. The van der Waals surface area contributed by atoms with Gasteiger partial charge < -0.3 is 14.3 Å². The van der Waals surface area contributed by atoms with E-state index in [0.29, 0.717) is 28.3 Å². The molecule has 0 aliphatic carbocycles. The highest BCUT2D eigenvalue weighted by atomic mass is 32.1. The second-order valence-corrected chi connectivity index (χ2v) is 10.6. The summed E-state index contributed by atoms with van der Waals surface area (Å²) in [4.78, 5) is 47.1. The quantitative estimate of drug-likeness (QED) is 0.162. The molecule has 5 aromatic rings. The highest BCUT2D eigenvalue weighted by Gasteiger charge is 2.54. The first-order valence-corrected chi connectivity index (χ1v) is 13.3. The van der Waals surface area contributed by atoms with E-state index in [1.165, 1.54) is 22.3 Å². The Bertz CT molecular complexity index is 1770. The topological polar surface area (TPSA) is 110 Å². The van der Waals surface area contributed by atoms with Crippen LogP contribution in [0.2, 0.25) is 0 Å². The minimum atomic E-state index is -1.38. The number of rotatable bonds is 6. The van der Waals surface area contributed by atoms with Gasteiger partial charge in [-0.2, -0.15) is 0 Å². The molecular formula is C30H24N2O6S. The molecule has 1 aliphatic rings. The summed E-state index contributed by atoms with van der Waals surface area (Å²) in [5, 5.41) is 11.3. The number of benzene rings is 3. The second kappa shape index (κ2) is 9.36. The smallest absolute Gasteiger partial charge is 0.297 e. The van der Waals surface area contributed by atoms with Crippen molar-refractivity contribution in [3.8, 4) is 11.5 Å². The van der Waals surface area contributed by atoms with Crippen molar-refractivity contribution < 1.29 is 28.6 Å². The molecule has 1 saturated heterocycles. The van der Waals surface area contributed by atoms with Gasteiger partial charge in [-0.05, 0) is 67.8 Å². The van der Waals surface area contributed by atoms with Crippen LogP contribution in [-0.4, -0.2) is 34.2 Å². The van der Waals surface area contributed by atoms with Crippen molar-refractivity contribution in [3.63, 3.8) is 0 Å². The van der Waals surface area contributed by atoms with Crippen LogP contribution in [0, 0.1) is 19.8 Å². The Morgan fingerprint density at radius 3 is 2.67 bits per heavy atom. The van der Waals surface area contributed by atoms with E-state index in [9.17, 15) is 19.5 Å². The summed E-state index contributed by atoms with van der Waals surface area (Å²) in [5.74, 6) is -3.56. The first-order chi connectivity index (χ1) is 18.8. The SMILES string of the molecule is CCOc1cc(C2C(C(=O)c3cc4ccccc4o3)C(=O)C(=O)N2c2nc3c(C)cc(C)cc3s2)ccc1O. The zero-order valence-corrected chi connectivity index (χ0v) is 22.2. The Morgan fingerprint density at radius 1 is 1.10 bits per heavy atom. The molecule has 8 nitrogen and oxygen atoms in total. The number of thiazole rings is 1. The third kappa shape index (κ3) is 4.06. The zero-order valence-electron chi connectivity index (χ0n) is 21.4. The van der Waals surface area contributed by atoms with Crippen LogP contribution in [0.25, 0.3) is 21.2 Å². The molecule has 0 saturated carbocycles. The Morgan fingerprint density at radius 2 is 1.90 bits per heavy atom. The van der Waals surface area contributed by atoms with E-state index in [-0.39, 0.29) is 17.3 Å². The summed E-state index contributed by atoms with van der Waals surface area (Å²) in [6.07, 6.45) is 0. The summed E-state index contributed by atoms with van der Waals surface area (Å²) >= 11 is 1.28. The van der Waals surface area contributed by atoms with E-state index in [4.69, 9.17) is 14.1 Å². The van der Waals surface area contributed by atoms with Crippen LogP contribution in [0.4, 0.5) is 5.13 Å². The average molecular weight is 541 g/mol. The Balaban J connectivity index is 1.53. The molecule has 0 radical (unpaired) electrons. The number of hydrogen-bond donors (Lipinski definition) is 1. The summed E-state index contributed by atoms with van der Waals surface area (Å²) < 4.78 is 12.2. The lowest BCUT2D eigenvalue weighted by atomic mass is 9.88. The van der Waals surface area contributed by atoms with E-state index in [1.807, 2.05) is 32.0 Å². The zero-order chi connectivity index (χ0) is 27.4. The number of carbonyl (C=O) groups excluding carboxylic acids is 3. The predicted octanol–water partition coefficient (Wildman–Crippen LogP) is 5.92. The van der Waals surface area contributed by atoms with Crippen LogP contribution in [0.5, 0.6) is 11.5 Å². The minimum Gasteiger partial charge on any atom is -0.504 e. The first kappa shape index (κ1) is 24.8. The van der Waals surface area contributed by atoms with Gasteiger partial charge in [-0.1, -0.05) is 41.7 Å². The molecule has 3 heterocycles. The van der Waals surface area contributed by atoms with E-state index in [2.05, 4.69) is 0 Å². The van der Waals surface area contributed by atoms with Gasteiger partial charge in [0.1, 0.15) is 11.5 Å². The Labute approximate surface area is 227 Å². The number of aromatic hydroxyl groups is 1. The number of aromatic nitrogens is 1. The number of fused-ring (bicyclic) bond motifs is 2. The normalized spacial score (nSPS) is 17.5. The summed E-state index contributed by atoms with van der Waals surface area (Å²) in [5.41, 5.74) is 3.68. The van der Waals surface area contributed by atoms with Gasteiger partial charge in [-0.3, -0.25) is 19.3 Å². The van der Waals surface area contributed by atoms with Crippen molar-refractivity contribution in [2.75, 3.05) is 11.5 Å². The fourth-order valence-electron chi connectivity index (χ4n) is 5.18. The highest BCUT2D eigenvalue weighted by Crippen LogP contribution is 2.45. The van der Waals surface area contributed by atoms with Gasteiger partial charge in [0.15, 0.2) is 22.4 Å². The first-order valence-electron chi connectivity index (χ1n) is 12.5. The molecule has 6 rings (SSSR count). The van der Waals surface area contributed by atoms with E-state index >= 15 is 0 Å². The van der Waals surface area contributed by atoms with Crippen LogP contribution in [0.1, 0.15) is 40.2 Å². The van der Waals surface area contributed by atoms with Gasteiger partial charge in [0, 0.05) is 5.39 Å². The molecular weight excluding hydrogens is 516 g/mol. The number of amides is 1. The monoisotopic (exact) mass is 540 g/mol. The van der Waals surface area contributed by atoms with Crippen LogP contribution in [0.3, 0.4) is 0 Å². The Hall–Kier alpha value is -4.50. The number of furan rings is 1. The molecule has 1 aliphatic heterocycles. The molecule has 0 bridgehead atoms. The molecule has 0 spiro atoms. The number of nitrogens with zero attached hydrogens (tertiary/aromatic N) is 2. The highest BCUT2D eigenvalue weighted by molar-refractivity contribution is 7.22. The average Bonchev–Trinajstić information content (AvgIpc) is 3.60. The number of carbonyl (C=O) groups is 3. The number of phenols is 1. The summed E-state index contributed by atoms with van der Waals surface area (Å²) in [7, 11) is 0. The van der Waals surface area contributed by atoms with Crippen molar-refractivity contribution in [3.05, 3.63) is 83.1 Å². The number of ketones is 2. The Kier molecular flexibility index (Phi) is 5.95. The van der Waals surface area contributed by atoms with Crippen LogP contribution in [0.15, 0.2) is 65.1 Å². The van der Waals surface area contributed by atoms with Gasteiger partial charge >= 0.3 is 0 Å². The fraction of sp³-hybridized carbons (Fsp3) is 0.200. The largest absolute Gasteiger partial charge is 0.504 e. The number of Topliss-reactive ketones (excluding diaryl/α,β-unsaturated/α-hetero) is 2. The van der Waals surface area contributed by atoms with Crippen molar-refractivity contribution in [2.24, 2.45) is 5.92 Å². The van der Waals surface area contributed by atoms with Crippen molar-refractivity contribution in [2.45, 2.75) is 26.8 Å². The number of phenolic OH excluding ortho intramolecular Hbond substituents is 1. The standard InChI is InChI=1S/C30H24N2O6S/c1-4-37-21-14-18(9-10-19(21)33)26-24(27(34)22-13-17-7-5-6-8-20(17)38-22)28(35)29(36)32(26)30-31-25-16(3)11-15(2)12-23(25)39-30/h5-14,24,26,33H,4H2,1-3H3. The molecule has 9 heteroatoms. The lowest BCUT2D eigenvalue weighted by Crippen LogP contribution is -2.30. The van der Waals surface area contributed by atoms with Crippen molar-refractivity contribution in [1.82, 2.24) is 4.98 Å². The summed E-state index contributed by atoms with van der Waals surface area (Å²) in [6.45, 7) is 5.99. The van der Waals surface area contributed by atoms with Crippen LogP contribution >= 0.6 is 11.3 Å². The minimum absolute atomic E-state index is 0.00576. The van der Waals surface area contributed by atoms with Crippen molar-refractivity contribution in [1.29, 1.82) is 0 Å². The van der Waals surface area contributed by atoms with E-state index < -0.39 is 29.4 Å². The molecule has 2 aromatic heterocycles. The number of ether oxygens (including phenoxy) is 1. The number of aryl methyl sites for hydroxylation is 2. The maximum atomic E-state index is 13.9. The second-order valence-electron chi connectivity index (χ2n) is 9.56.